The molecule has 174 valence electrons. The molecule has 5 nitrogen and oxygen atoms in total. The molecule has 2 aliphatic heterocycles. The van der Waals surface area contributed by atoms with Crippen LogP contribution < -0.4 is 15.0 Å². The molecule has 2 heterocycles. The minimum atomic E-state index is -1.14. The van der Waals surface area contributed by atoms with Gasteiger partial charge in [0.1, 0.15) is 11.5 Å². The lowest BCUT2D eigenvalue weighted by atomic mass is 9.77. The lowest BCUT2D eigenvalue weighted by Crippen LogP contribution is -2.33. The van der Waals surface area contributed by atoms with Crippen molar-refractivity contribution in [2.24, 2.45) is 0 Å². The molecule has 0 saturated carbocycles. The highest BCUT2D eigenvalue weighted by atomic mass is 35.5. The van der Waals surface area contributed by atoms with Crippen LogP contribution in [0.2, 0.25) is 5.02 Å². The summed E-state index contributed by atoms with van der Waals surface area (Å²) in [4.78, 5) is 15.1. The summed E-state index contributed by atoms with van der Waals surface area (Å²) in [6.45, 7) is 2.04. The Morgan fingerprint density at radius 3 is 2.37 bits per heavy atom. The second kappa shape index (κ2) is 7.79. The predicted octanol–water partition coefficient (Wildman–Crippen LogP) is 7.03. The van der Waals surface area contributed by atoms with Gasteiger partial charge in [0.25, 0.3) is 0 Å². The Hall–Kier alpha value is -3.96. The average molecular weight is 483 g/mol. The van der Waals surface area contributed by atoms with Crippen molar-refractivity contribution < 1.29 is 14.3 Å². The lowest BCUT2D eigenvalue weighted by molar-refractivity contribution is 0.0224. The molecule has 0 fully saturated rings. The van der Waals surface area contributed by atoms with Crippen molar-refractivity contribution in [3.8, 4) is 11.5 Å². The number of halogens is 1. The molecule has 0 aliphatic carbocycles. The maximum Gasteiger partial charge on any atom is 0.340 e. The highest BCUT2D eigenvalue weighted by Gasteiger charge is 2.53. The summed E-state index contributed by atoms with van der Waals surface area (Å²) in [7, 11) is 3.94. The number of hydrogen-bond acceptors (Lipinski definition) is 5. The van der Waals surface area contributed by atoms with Gasteiger partial charge in [0.05, 0.1) is 16.3 Å². The van der Waals surface area contributed by atoms with E-state index in [1.165, 1.54) is 5.56 Å². The Labute approximate surface area is 208 Å². The van der Waals surface area contributed by atoms with Crippen molar-refractivity contribution in [1.82, 2.24) is 0 Å². The minimum Gasteiger partial charge on any atom is -0.456 e. The number of fused-ring (bicyclic) bond motifs is 6. The molecule has 1 N–H and O–H groups in total. The Balaban J connectivity index is 1.59. The van der Waals surface area contributed by atoms with Gasteiger partial charge in [-0.1, -0.05) is 47.5 Å². The molecule has 35 heavy (non-hydrogen) atoms. The van der Waals surface area contributed by atoms with E-state index in [0.717, 1.165) is 28.1 Å². The predicted molar refractivity (Wildman–Crippen MR) is 138 cm³/mol. The quantitative estimate of drug-likeness (QED) is 0.318. The minimum absolute atomic E-state index is 0.362. The first kappa shape index (κ1) is 21.6. The number of nitrogens with one attached hydrogen (secondary N) is 1. The third-order valence-corrected chi connectivity index (χ3v) is 6.94. The fourth-order valence-electron chi connectivity index (χ4n) is 4.85. The van der Waals surface area contributed by atoms with Crippen molar-refractivity contribution >= 4 is 34.6 Å². The number of nitrogens with zero attached hydrogens (tertiary/aromatic N) is 1. The van der Waals surface area contributed by atoms with Gasteiger partial charge in [-0.25, -0.2) is 4.79 Å². The van der Waals surface area contributed by atoms with Crippen molar-refractivity contribution in [2.45, 2.75) is 12.5 Å². The van der Waals surface area contributed by atoms with Gasteiger partial charge < -0.3 is 19.7 Å². The average Bonchev–Trinajstić information content (AvgIpc) is 3.14. The zero-order valence-electron chi connectivity index (χ0n) is 19.6. The first-order valence-electron chi connectivity index (χ1n) is 11.4. The number of ether oxygens (including phenoxy) is 2. The number of rotatable bonds is 3. The van der Waals surface area contributed by atoms with Crippen LogP contribution in [-0.2, 0) is 10.3 Å². The smallest absolute Gasteiger partial charge is 0.340 e. The largest absolute Gasteiger partial charge is 0.456 e. The van der Waals surface area contributed by atoms with Crippen LogP contribution in [0.4, 0.5) is 17.1 Å². The van der Waals surface area contributed by atoms with Gasteiger partial charge in [0.15, 0.2) is 5.60 Å². The molecule has 0 saturated heterocycles. The van der Waals surface area contributed by atoms with Gasteiger partial charge in [-0.2, -0.15) is 0 Å². The summed E-state index contributed by atoms with van der Waals surface area (Å²) in [6.07, 6.45) is 0. The molecule has 4 aromatic carbocycles. The monoisotopic (exact) mass is 482 g/mol. The van der Waals surface area contributed by atoms with Crippen LogP contribution in [0.5, 0.6) is 11.5 Å². The van der Waals surface area contributed by atoms with Crippen molar-refractivity contribution in [3.63, 3.8) is 0 Å². The van der Waals surface area contributed by atoms with Gasteiger partial charge >= 0.3 is 5.97 Å². The Bertz CT molecular complexity index is 1500. The Morgan fingerprint density at radius 2 is 1.60 bits per heavy atom. The molecule has 0 amide bonds. The topological polar surface area (TPSA) is 50.8 Å². The third-order valence-electron chi connectivity index (χ3n) is 6.63. The van der Waals surface area contributed by atoms with Crippen LogP contribution in [0.3, 0.4) is 0 Å². The van der Waals surface area contributed by atoms with Crippen LogP contribution in [0.25, 0.3) is 0 Å². The van der Waals surface area contributed by atoms with Crippen molar-refractivity contribution in [1.29, 1.82) is 0 Å². The molecule has 1 unspecified atom stereocenters. The Morgan fingerprint density at radius 1 is 0.857 bits per heavy atom. The molecule has 6 rings (SSSR count). The summed E-state index contributed by atoms with van der Waals surface area (Å²) >= 11 is 6.72. The van der Waals surface area contributed by atoms with E-state index in [0.29, 0.717) is 27.8 Å². The molecule has 4 aromatic rings. The first-order chi connectivity index (χ1) is 16.9. The third kappa shape index (κ3) is 3.27. The SMILES string of the molecule is Cc1ccc(Nc2cc3c(cc2Cl)Oc2cc(N(C)C)ccc2C32OC(=O)c3ccccc32)cc1. The molecule has 1 spiro atoms. The zero-order valence-corrected chi connectivity index (χ0v) is 20.3. The van der Waals surface area contributed by atoms with Gasteiger partial charge in [0, 0.05) is 54.3 Å². The zero-order chi connectivity index (χ0) is 24.3. The van der Waals surface area contributed by atoms with E-state index in [1.54, 1.807) is 12.1 Å². The van der Waals surface area contributed by atoms with Gasteiger partial charge in [-0.3, -0.25) is 0 Å². The maximum atomic E-state index is 13.1. The lowest BCUT2D eigenvalue weighted by Gasteiger charge is -2.37. The summed E-state index contributed by atoms with van der Waals surface area (Å²) in [6, 6.07) is 25.2. The molecule has 2 aliphatic rings. The molecule has 6 heteroatoms. The van der Waals surface area contributed by atoms with Crippen LogP contribution in [0.15, 0.2) is 78.9 Å². The van der Waals surface area contributed by atoms with Crippen LogP contribution in [0.1, 0.15) is 32.6 Å². The van der Waals surface area contributed by atoms with E-state index < -0.39 is 5.60 Å². The summed E-state index contributed by atoms with van der Waals surface area (Å²) in [5.41, 5.74) is 5.44. The number of carbonyl (C=O) groups excluding carboxylic acids is 1. The fourth-order valence-corrected chi connectivity index (χ4v) is 5.05. The number of carbonyl (C=O) groups is 1. The molecular weight excluding hydrogens is 460 g/mol. The fraction of sp³-hybridized carbons (Fsp3) is 0.138. The number of anilines is 3. The molecule has 0 aromatic heterocycles. The van der Waals surface area contributed by atoms with E-state index in [2.05, 4.69) is 5.32 Å². The summed E-state index contributed by atoms with van der Waals surface area (Å²) < 4.78 is 12.6. The Kier molecular flexibility index (Phi) is 4.80. The number of aryl methyl sites for hydroxylation is 1. The summed E-state index contributed by atoms with van der Waals surface area (Å²) in [5.74, 6) is 0.819. The highest BCUT2D eigenvalue weighted by molar-refractivity contribution is 6.33. The normalized spacial score (nSPS) is 17.2. The molecule has 1 atom stereocenters. The van der Waals surface area contributed by atoms with Crippen molar-refractivity contribution in [3.05, 3.63) is 112 Å². The van der Waals surface area contributed by atoms with Gasteiger partial charge in [-0.05, 0) is 43.3 Å². The maximum absolute atomic E-state index is 13.1. The molecule has 0 bridgehead atoms. The summed E-state index contributed by atoms with van der Waals surface area (Å²) in [5, 5.41) is 3.91. The van der Waals surface area contributed by atoms with Crippen LogP contribution in [-0.4, -0.2) is 20.1 Å². The van der Waals surface area contributed by atoms with Gasteiger partial charge in [-0.15, -0.1) is 0 Å². The van der Waals surface area contributed by atoms with E-state index in [-0.39, 0.29) is 5.97 Å². The van der Waals surface area contributed by atoms with Crippen molar-refractivity contribution in [2.75, 3.05) is 24.3 Å². The second-order valence-corrected chi connectivity index (χ2v) is 9.52. The second-order valence-electron chi connectivity index (χ2n) is 9.11. The van der Waals surface area contributed by atoms with E-state index in [4.69, 9.17) is 21.1 Å². The number of hydrogen-bond donors (Lipinski definition) is 1. The van der Waals surface area contributed by atoms with Gasteiger partial charge in [0.2, 0.25) is 0 Å². The van der Waals surface area contributed by atoms with E-state index in [9.17, 15) is 4.79 Å². The van der Waals surface area contributed by atoms with Crippen LogP contribution in [0, 0.1) is 6.92 Å². The van der Waals surface area contributed by atoms with E-state index in [1.807, 2.05) is 92.6 Å². The van der Waals surface area contributed by atoms with Crippen LogP contribution >= 0.6 is 11.6 Å². The standard InChI is InChI=1S/C29H23ClN2O3/c1-17-8-10-18(11-9-17)31-25-15-23-27(16-24(25)30)34-26-14-19(32(2)3)12-13-22(26)29(23)21-7-5-4-6-20(21)28(33)35-29/h4-16,31H,1-3H3. The molecule has 0 radical (unpaired) electrons. The number of esters is 1. The highest BCUT2D eigenvalue weighted by Crippen LogP contribution is 2.57. The van der Waals surface area contributed by atoms with E-state index >= 15 is 0 Å². The molecular formula is C29H23ClN2O3. The first-order valence-corrected chi connectivity index (χ1v) is 11.7. The number of benzene rings is 4.